The highest BCUT2D eigenvalue weighted by Crippen LogP contribution is 2.08. The number of hydrogen-bond donors (Lipinski definition) is 2. The number of H-pyrrole nitrogens is 1. The fourth-order valence-electron chi connectivity index (χ4n) is 1.58. The third kappa shape index (κ3) is 2.38. The van der Waals surface area contributed by atoms with E-state index in [1.165, 1.54) is 0 Å². The molecule has 2 rings (SSSR count). The third-order valence-corrected chi connectivity index (χ3v) is 2.50. The van der Waals surface area contributed by atoms with Crippen LogP contribution in [0.3, 0.4) is 0 Å². The molecule has 0 atom stereocenters. The van der Waals surface area contributed by atoms with E-state index in [-0.39, 0.29) is 12.2 Å². The van der Waals surface area contributed by atoms with Gasteiger partial charge >= 0.3 is 0 Å². The van der Waals surface area contributed by atoms with Crippen LogP contribution >= 0.6 is 0 Å². The van der Waals surface area contributed by atoms with Crippen molar-refractivity contribution in [2.24, 2.45) is 0 Å². The molecule has 0 aliphatic carbocycles. The van der Waals surface area contributed by atoms with Crippen LogP contribution in [0.25, 0.3) is 0 Å². The van der Waals surface area contributed by atoms with Gasteiger partial charge in [-0.3, -0.25) is 4.79 Å². The van der Waals surface area contributed by atoms with E-state index >= 15 is 0 Å². The van der Waals surface area contributed by atoms with Crippen molar-refractivity contribution in [3.8, 4) is 0 Å². The Bertz CT molecular complexity index is 514. The molecule has 1 aromatic carbocycles. The van der Waals surface area contributed by atoms with Gasteiger partial charge in [0.25, 0.3) is 5.56 Å². The Morgan fingerprint density at radius 1 is 1.06 bits per heavy atom. The molecule has 0 amide bonds. The molecule has 0 aliphatic rings. The van der Waals surface area contributed by atoms with Crippen molar-refractivity contribution in [3.63, 3.8) is 0 Å². The Kier molecular flexibility index (Phi) is 3.17. The molecule has 0 saturated heterocycles. The lowest BCUT2D eigenvalue weighted by atomic mass is 10.1. The molecule has 0 unspecified atom stereocenters. The monoisotopic (exact) mass is 215 g/mol. The van der Waals surface area contributed by atoms with Crippen LogP contribution in [0.2, 0.25) is 0 Å². The molecule has 16 heavy (non-hydrogen) atoms. The Labute approximate surface area is 93.4 Å². The minimum absolute atomic E-state index is 0.0475. The van der Waals surface area contributed by atoms with Crippen LogP contribution in [-0.2, 0) is 13.0 Å². The molecule has 0 saturated carbocycles. The van der Waals surface area contributed by atoms with Crippen molar-refractivity contribution in [2.75, 3.05) is 0 Å². The maximum Gasteiger partial charge on any atom is 0.251 e. The standard InChI is InChI=1S/C13H13NO2/c15-9-11-5-3-10(4-6-11)8-12-2-1-7-14-13(12)16/h1-7,15H,8-9H2,(H,14,16). The fourth-order valence-corrected chi connectivity index (χ4v) is 1.58. The van der Waals surface area contributed by atoms with Crippen LogP contribution in [0.1, 0.15) is 16.7 Å². The Balaban J connectivity index is 2.21. The van der Waals surface area contributed by atoms with Crippen molar-refractivity contribution < 1.29 is 5.11 Å². The predicted octanol–water partition coefficient (Wildman–Crippen LogP) is 1.46. The molecule has 2 N–H and O–H groups in total. The first-order valence-corrected chi connectivity index (χ1v) is 5.15. The van der Waals surface area contributed by atoms with E-state index in [0.29, 0.717) is 6.42 Å². The van der Waals surface area contributed by atoms with E-state index in [4.69, 9.17) is 5.11 Å². The van der Waals surface area contributed by atoms with Crippen molar-refractivity contribution in [2.45, 2.75) is 13.0 Å². The summed E-state index contributed by atoms with van der Waals surface area (Å²) in [5, 5.41) is 8.91. The molecular weight excluding hydrogens is 202 g/mol. The summed E-state index contributed by atoms with van der Waals surface area (Å²) in [4.78, 5) is 14.1. The average Bonchev–Trinajstić information content (AvgIpc) is 2.33. The number of benzene rings is 1. The molecule has 0 radical (unpaired) electrons. The summed E-state index contributed by atoms with van der Waals surface area (Å²) in [6.07, 6.45) is 2.24. The minimum atomic E-state index is -0.0475. The molecule has 1 aromatic heterocycles. The van der Waals surface area contributed by atoms with Crippen LogP contribution in [0.15, 0.2) is 47.4 Å². The highest BCUT2D eigenvalue weighted by Gasteiger charge is 2.00. The van der Waals surface area contributed by atoms with E-state index in [9.17, 15) is 4.79 Å². The number of aliphatic hydroxyl groups excluding tert-OH is 1. The first kappa shape index (κ1) is 10.6. The van der Waals surface area contributed by atoms with Crippen molar-refractivity contribution in [3.05, 3.63) is 69.6 Å². The molecule has 0 spiro atoms. The summed E-state index contributed by atoms with van der Waals surface area (Å²) in [6.45, 7) is 0.0478. The molecule has 2 aromatic rings. The summed E-state index contributed by atoms with van der Waals surface area (Å²) in [7, 11) is 0. The van der Waals surface area contributed by atoms with Gasteiger partial charge in [0.15, 0.2) is 0 Å². The SMILES string of the molecule is O=c1[nH]cccc1Cc1ccc(CO)cc1. The smallest absolute Gasteiger partial charge is 0.251 e. The summed E-state index contributed by atoms with van der Waals surface area (Å²) >= 11 is 0. The summed E-state index contributed by atoms with van der Waals surface area (Å²) < 4.78 is 0. The second kappa shape index (κ2) is 4.77. The number of pyridine rings is 1. The molecule has 0 bridgehead atoms. The average molecular weight is 215 g/mol. The van der Waals surface area contributed by atoms with Gasteiger partial charge in [0, 0.05) is 18.2 Å². The van der Waals surface area contributed by atoms with Gasteiger partial charge in [0.05, 0.1) is 6.61 Å². The zero-order valence-corrected chi connectivity index (χ0v) is 8.81. The van der Waals surface area contributed by atoms with Gasteiger partial charge in [-0.05, 0) is 17.2 Å². The van der Waals surface area contributed by atoms with E-state index in [2.05, 4.69) is 4.98 Å². The molecule has 3 heteroatoms. The Morgan fingerprint density at radius 2 is 1.75 bits per heavy atom. The summed E-state index contributed by atoms with van der Waals surface area (Å²) in [5.41, 5.74) is 2.65. The highest BCUT2D eigenvalue weighted by atomic mass is 16.3. The van der Waals surface area contributed by atoms with Gasteiger partial charge in [0.1, 0.15) is 0 Å². The zero-order chi connectivity index (χ0) is 11.4. The fraction of sp³-hybridized carbons (Fsp3) is 0.154. The molecule has 82 valence electrons. The van der Waals surface area contributed by atoms with Gasteiger partial charge < -0.3 is 10.1 Å². The molecule has 0 fully saturated rings. The topological polar surface area (TPSA) is 53.1 Å². The molecular formula is C13H13NO2. The van der Waals surface area contributed by atoms with E-state index < -0.39 is 0 Å². The normalized spacial score (nSPS) is 10.3. The highest BCUT2D eigenvalue weighted by molar-refractivity contribution is 5.27. The number of aromatic amines is 1. The Morgan fingerprint density at radius 3 is 2.38 bits per heavy atom. The first-order chi connectivity index (χ1) is 7.79. The second-order valence-electron chi connectivity index (χ2n) is 3.68. The van der Waals surface area contributed by atoms with Gasteiger partial charge in [-0.15, -0.1) is 0 Å². The lowest BCUT2D eigenvalue weighted by Gasteiger charge is -2.02. The van der Waals surface area contributed by atoms with Crippen molar-refractivity contribution in [1.29, 1.82) is 0 Å². The van der Waals surface area contributed by atoms with Crippen molar-refractivity contribution in [1.82, 2.24) is 4.98 Å². The number of aliphatic hydroxyl groups is 1. The van der Waals surface area contributed by atoms with Crippen LogP contribution < -0.4 is 5.56 Å². The van der Waals surface area contributed by atoms with Crippen molar-refractivity contribution >= 4 is 0 Å². The maximum absolute atomic E-state index is 11.5. The van der Waals surface area contributed by atoms with E-state index in [0.717, 1.165) is 16.7 Å². The van der Waals surface area contributed by atoms with Gasteiger partial charge in [0.2, 0.25) is 0 Å². The second-order valence-corrected chi connectivity index (χ2v) is 3.68. The van der Waals surface area contributed by atoms with Gasteiger partial charge in [-0.1, -0.05) is 30.3 Å². The number of rotatable bonds is 3. The minimum Gasteiger partial charge on any atom is -0.392 e. The quantitative estimate of drug-likeness (QED) is 0.814. The van der Waals surface area contributed by atoms with E-state index in [1.807, 2.05) is 36.4 Å². The lowest BCUT2D eigenvalue weighted by Crippen LogP contribution is -2.11. The van der Waals surface area contributed by atoms with Crippen LogP contribution in [0.4, 0.5) is 0 Å². The zero-order valence-electron chi connectivity index (χ0n) is 8.81. The number of nitrogens with one attached hydrogen (secondary N) is 1. The molecule has 1 heterocycles. The first-order valence-electron chi connectivity index (χ1n) is 5.15. The van der Waals surface area contributed by atoms with Gasteiger partial charge in [-0.25, -0.2) is 0 Å². The Hall–Kier alpha value is -1.87. The maximum atomic E-state index is 11.5. The third-order valence-electron chi connectivity index (χ3n) is 2.50. The summed E-state index contributed by atoms with van der Waals surface area (Å²) in [5.74, 6) is 0. The van der Waals surface area contributed by atoms with Crippen LogP contribution in [0.5, 0.6) is 0 Å². The van der Waals surface area contributed by atoms with Crippen LogP contribution in [-0.4, -0.2) is 10.1 Å². The van der Waals surface area contributed by atoms with E-state index in [1.54, 1.807) is 6.20 Å². The number of hydrogen-bond acceptors (Lipinski definition) is 2. The van der Waals surface area contributed by atoms with Crippen LogP contribution in [0, 0.1) is 0 Å². The summed E-state index contributed by atoms with van der Waals surface area (Å²) in [6, 6.07) is 11.2. The molecule has 3 nitrogen and oxygen atoms in total. The van der Waals surface area contributed by atoms with Gasteiger partial charge in [-0.2, -0.15) is 0 Å². The largest absolute Gasteiger partial charge is 0.392 e. The molecule has 0 aliphatic heterocycles. The predicted molar refractivity (Wildman–Crippen MR) is 62.2 cm³/mol. The lowest BCUT2D eigenvalue weighted by molar-refractivity contribution is 0.282. The number of aromatic nitrogens is 1.